The minimum absolute atomic E-state index is 0.0567. The molecule has 0 bridgehead atoms. The maximum absolute atomic E-state index is 10.8. The molecule has 1 amide bonds. The van der Waals surface area contributed by atoms with E-state index in [1.54, 1.807) is 0 Å². The average molecular weight is 249 g/mol. The van der Waals surface area contributed by atoms with Crippen LogP contribution in [0.5, 0.6) is 0 Å². The first kappa shape index (κ1) is 14.4. The number of nitrogens with one attached hydrogen (secondary N) is 1. The monoisotopic (exact) mass is 249 g/mol. The summed E-state index contributed by atoms with van der Waals surface area (Å²) in [5.41, 5.74) is 0. The zero-order chi connectivity index (χ0) is 12.8. The van der Waals surface area contributed by atoms with E-state index in [-0.39, 0.29) is 6.17 Å². The van der Waals surface area contributed by atoms with Gasteiger partial charge in [0.15, 0.2) is 0 Å². The summed E-state index contributed by atoms with van der Waals surface area (Å²) in [6.45, 7) is 3.89. The first-order valence-corrected chi connectivity index (χ1v) is 7.02. The number of carbonyl (C=O) groups excluding carboxylic acids is 3. The number of hydrogen-bond acceptors (Lipinski definition) is 6. The molecule has 0 saturated carbocycles. The number of alkyl carbamates (subject to hydrolysis) is 1. The first-order valence-electron chi connectivity index (χ1n) is 4.50. The standard InChI is InChI=1S/C8H15NO6Si/c1-6(10)14-16(4,15-7(2)11)5-9-8(12)13-3/h5H2,1-4H3,(H,9,12). The molecule has 0 spiro atoms. The van der Waals surface area contributed by atoms with Crippen LogP contribution in [0, 0.1) is 0 Å². The lowest BCUT2D eigenvalue weighted by molar-refractivity contribution is -0.138. The highest BCUT2D eigenvalue weighted by molar-refractivity contribution is 6.69. The summed E-state index contributed by atoms with van der Waals surface area (Å²) in [7, 11) is -1.87. The third-order valence-corrected chi connectivity index (χ3v) is 3.72. The molecule has 16 heavy (non-hydrogen) atoms. The fourth-order valence-corrected chi connectivity index (χ4v) is 2.87. The molecule has 1 N–H and O–H groups in total. The average Bonchev–Trinajstić information content (AvgIpc) is 2.11. The lowest BCUT2D eigenvalue weighted by atomic mass is 10.9. The second-order valence-corrected chi connectivity index (χ2v) is 6.20. The second-order valence-electron chi connectivity index (χ2n) is 3.17. The van der Waals surface area contributed by atoms with Gasteiger partial charge < -0.3 is 18.9 Å². The third kappa shape index (κ3) is 6.01. The number of carbonyl (C=O) groups is 3. The van der Waals surface area contributed by atoms with Gasteiger partial charge in [0.2, 0.25) is 0 Å². The molecular formula is C8H15NO6Si. The van der Waals surface area contributed by atoms with Crippen molar-refractivity contribution in [1.29, 1.82) is 0 Å². The number of rotatable bonds is 4. The summed E-state index contributed by atoms with van der Waals surface area (Å²) in [4.78, 5) is 32.5. The fourth-order valence-electron chi connectivity index (χ4n) is 1.01. The van der Waals surface area contributed by atoms with Gasteiger partial charge >= 0.3 is 14.7 Å². The van der Waals surface area contributed by atoms with E-state index in [4.69, 9.17) is 8.85 Å². The van der Waals surface area contributed by atoms with Gasteiger partial charge in [0.25, 0.3) is 11.9 Å². The van der Waals surface area contributed by atoms with E-state index in [2.05, 4.69) is 10.1 Å². The molecule has 0 aromatic heterocycles. The summed E-state index contributed by atoms with van der Waals surface area (Å²) in [6.07, 6.45) is -0.739. The van der Waals surface area contributed by atoms with Crippen molar-refractivity contribution in [3.05, 3.63) is 0 Å². The number of amides is 1. The van der Waals surface area contributed by atoms with E-state index in [0.717, 1.165) is 0 Å². The van der Waals surface area contributed by atoms with Crippen LogP contribution in [0.4, 0.5) is 4.79 Å². The van der Waals surface area contributed by atoms with E-state index in [9.17, 15) is 14.4 Å². The Bertz CT molecular complexity index is 276. The van der Waals surface area contributed by atoms with E-state index >= 15 is 0 Å². The van der Waals surface area contributed by atoms with E-state index in [1.165, 1.54) is 27.5 Å². The van der Waals surface area contributed by atoms with Gasteiger partial charge in [0, 0.05) is 20.4 Å². The Morgan fingerprint density at radius 2 is 1.56 bits per heavy atom. The molecule has 7 nitrogen and oxygen atoms in total. The van der Waals surface area contributed by atoms with Crippen molar-refractivity contribution in [2.45, 2.75) is 20.4 Å². The van der Waals surface area contributed by atoms with Crippen molar-refractivity contribution >= 4 is 26.6 Å². The number of hydrogen-bond donors (Lipinski definition) is 1. The van der Waals surface area contributed by atoms with Crippen LogP contribution >= 0.6 is 0 Å². The summed E-state index contributed by atoms with van der Waals surface area (Å²) in [5.74, 6) is -1.14. The Balaban J connectivity index is 4.46. The molecule has 0 unspecified atom stereocenters. The van der Waals surface area contributed by atoms with Crippen molar-refractivity contribution < 1.29 is 28.0 Å². The van der Waals surface area contributed by atoms with Crippen LogP contribution in [0.2, 0.25) is 6.55 Å². The normalized spacial score (nSPS) is 10.2. The highest BCUT2D eigenvalue weighted by Gasteiger charge is 2.38. The predicted octanol–water partition coefficient (Wildman–Crippen LogP) is 0.0798. The maximum Gasteiger partial charge on any atom is 0.481 e. The lowest BCUT2D eigenvalue weighted by Gasteiger charge is -2.24. The zero-order valence-corrected chi connectivity index (χ0v) is 10.7. The minimum atomic E-state index is -3.07. The highest BCUT2D eigenvalue weighted by Crippen LogP contribution is 2.07. The smallest absolute Gasteiger partial charge is 0.481 e. The molecule has 0 aliphatic carbocycles. The molecule has 0 atom stereocenters. The van der Waals surface area contributed by atoms with Gasteiger partial charge in [-0.1, -0.05) is 0 Å². The van der Waals surface area contributed by atoms with Crippen molar-refractivity contribution in [2.24, 2.45) is 0 Å². The van der Waals surface area contributed by atoms with Crippen molar-refractivity contribution in [3.63, 3.8) is 0 Å². The summed E-state index contributed by atoms with van der Waals surface area (Å²) >= 11 is 0. The Hall–Kier alpha value is -1.57. The molecule has 0 heterocycles. The summed E-state index contributed by atoms with van der Waals surface area (Å²) in [5, 5.41) is 2.33. The van der Waals surface area contributed by atoms with E-state index < -0.39 is 26.6 Å². The minimum Gasteiger partial charge on any atom is -0.484 e. The zero-order valence-electron chi connectivity index (χ0n) is 9.66. The molecule has 0 aromatic rings. The number of methoxy groups -OCH3 is 1. The Kier molecular flexibility index (Phi) is 5.51. The van der Waals surface area contributed by atoms with Crippen LogP contribution in [0.3, 0.4) is 0 Å². The van der Waals surface area contributed by atoms with Gasteiger partial charge in [0.05, 0.1) is 13.3 Å². The van der Waals surface area contributed by atoms with Gasteiger partial charge in [-0.05, 0) is 0 Å². The molecule has 92 valence electrons. The fraction of sp³-hybridized carbons (Fsp3) is 0.625. The third-order valence-electron chi connectivity index (χ3n) is 1.46. The molecule has 0 aliphatic heterocycles. The molecule has 0 fully saturated rings. The largest absolute Gasteiger partial charge is 0.484 e. The van der Waals surface area contributed by atoms with Gasteiger partial charge in [-0.3, -0.25) is 9.59 Å². The van der Waals surface area contributed by atoms with Gasteiger partial charge in [-0.25, -0.2) is 4.79 Å². The van der Waals surface area contributed by atoms with Crippen LogP contribution < -0.4 is 5.32 Å². The molecule has 0 radical (unpaired) electrons. The Morgan fingerprint density at radius 3 is 1.88 bits per heavy atom. The van der Waals surface area contributed by atoms with Crippen LogP contribution in [-0.4, -0.2) is 39.9 Å². The van der Waals surface area contributed by atoms with Crippen molar-refractivity contribution in [2.75, 3.05) is 13.3 Å². The molecular weight excluding hydrogens is 234 g/mol. The van der Waals surface area contributed by atoms with Crippen LogP contribution in [0.25, 0.3) is 0 Å². The topological polar surface area (TPSA) is 90.9 Å². The van der Waals surface area contributed by atoms with E-state index in [0.29, 0.717) is 0 Å². The Labute approximate surface area is 94.3 Å². The lowest BCUT2D eigenvalue weighted by Crippen LogP contribution is -2.52. The Morgan fingerprint density at radius 1 is 1.12 bits per heavy atom. The molecule has 0 aliphatic rings. The maximum atomic E-state index is 10.8. The first-order chi connectivity index (χ1) is 7.29. The molecule has 0 saturated heterocycles. The van der Waals surface area contributed by atoms with Crippen LogP contribution in [-0.2, 0) is 23.2 Å². The van der Waals surface area contributed by atoms with Crippen molar-refractivity contribution in [1.82, 2.24) is 5.32 Å². The molecule has 0 aromatic carbocycles. The SMILES string of the molecule is COC(=O)NC[Si](C)(OC(C)=O)OC(C)=O. The van der Waals surface area contributed by atoms with Gasteiger partial charge in [-0.2, -0.15) is 0 Å². The summed E-state index contributed by atoms with van der Waals surface area (Å²) in [6, 6.07) is 0. The highest BCUT2D eigenvalue weighted by atomic mass is 28.4. The van der Waals surface area contributed by atoms with Crippen molar-refractivity contribution in [3.8, 4) is 0 Å². The number of ether oxygens (including phenoxy) is 1. The van der Waals surface area contributed by atoms with E-state index in [1.807, 2.05) is 0 Å². The van der Waals surface area contributed by atoms with Gasteiger partial charge in [-0.15, -0.1) is 0 Å². The molecule has 0 rings (SSSR count). The van der Waals surface area contributed by atoms with Crippen LogP contribution in [0.15, 0.2) is 0 Å². The molecule has 8 heteroatoms. The van der Waals surface area contributed by atoms with Crippen LogP contribution in [0.1, 0.15) is 13.8 Å². The predicted molar refractivity (Wildman–Crippen MR) is 55.6 cm³/mol. The second kappa shape index (κ2) is 6.11. The summed E-state index contributed by atoms with van der Waals surface area (Å²) < 4.78 is 14.2. The van der Waals surface area contributed by atoms with Gasteiger partial charge in [0.1, 0.15) is 0 Å². The quantitative estimate of drug-likeness (QED) is 0.709.